The molecule has 6 heteroatoms. The Morgan fingerprint density at radius 3 is 1.95 bits per heavy atom. The molecule has 0 unspecified atom stereocenters. The number of nitrogens with zero attached hydrogens (tertiary/aromatic N) is 1. The van der Waals surface area contributed by atoms with Crippen LogP contribution >= 0.6 is 0 Å². The van der Waals surface area contributed by atoms with E-state index in [0.29, 0.717) is 18.9 Å². The van der Waals surface area contributed by atoms with Crippen molar-refractivity contribution in [2.75, 3.05) is 6.61 Å². The Kier molecular flexibility index (Phi) is 8.66. The second-order valence-electron chi connectivity index (χ2n) is 5.66. The summed E-state index contributed by atoms with van der Waals surface area (Å²) < 4.78 is 42.8. The molecule has 0 radical (unpaired) electrons. The Hall–Kier alpha value is -0.363. The normalized spacial score (nSPS) is 15.2. The van der Waals surface area contributed by atoms with Crippen LogP contribution in [0.1, 0.15) is 41.0 Å². The molecule has 0 spiro atoms. The predicted molar refractivity (Wildman–Crippen MR) is 80.9 cm³/mol. The number of halogens is 3. The summed E-state index contributed by atoms with van der Waals surface area (Å²) in [7, 11) is -1.76. The Morgan fingerprint density at radius 2 is 1.60 bits per heavy atom. The van der Waals surface area contributed by atoms with Gasteiger partial charge in [0.25, 0.3) is 0 Å². The van der Waals surface area contributed by atoms with Crippen molar-refractivity contribution in [1.29, 1.82) is 0 Å². The summed E-state index contributed by atoms with van der Waals surface area (Å²) in [5.41, 5.74) is 0. The quantitative estimate of drug-likeness (QED) is 0.431. The van der Waals surface area contributed by atoms with E-state index in [1.165, 1.54) is 0 Å². The molecular formula is C14H28F3NOSi. The molecule has 0 rings (SSSR count). The van der Waals surface area contributed by atoms with E-state index in [1.807, 2.05) is 13.8 Å². The van der Waals surface area contributed by atoms with Gasteiger partial charge in [0.15, 0.2) is 8.32 Å². The minimum Gasteiger partial charge on any atom is -0.415 e. The maximum absolute atomic E-state index is 12.2. The van der Waals surface area contributed by atoms with Crippen LogP contribution in [0.15, 0.2) is 4.99 Å². The van der Waals surface area contributed by atoms with Crippen LogP contribution in [0.5, 0.6) is 0 Å². The van der Waals surface area contributed by atoms with E-state index in [4.69, 9.17) is 4.43 Å². The van der Waals surface area contributed by atoms with Crippen molar-refractivity contribution in [2.45, 2.75) is 71.4 Å². The van der Waals surface area contributed by atoms with Crippen molar-refractivity contribution in [3.05, 3.63) is 0 Å². The van der Waals surface area contributed by atoms with Gasteiger partial charge in [-0.2, -0.15) is 13.2 Å². The summed E-state index contributed by atoms with van der Waals surface area (Å²) >= 11 is 0. The fourth-order valence-electron chi connectivity index (χ4n) is 2.24. The highest BCUT2D eigenvalue weighted by atomic mass is 28.4. The molecule has 0 aliphatic heterocycles. The Labute approximate surface area is 121 Å². The summed E-state index contributed by atoms with van der Waals surface area (Å²) in [4.78, 5) is 3.69. The van der Waals surface area contributed by atoms with Crippen molar-refractivity contribution in [3.63, 3.8) is 0 Å². The molecule has 0 aromatic heterocycles. The summed E-state index contributed by atoms with van der Waals surface area (Å²) in [6, 6.07) is 2.60. The zero-order valence-electron chi connectivity index (χ0n) is 13.3. The second-order valence-corrected chi connectivity index (χ2v) is 10.4. The van der Waals surface area contributed by atoms with Crippen LogP contribution in [0.2, 0.25) is 18.1 Å². The van der Waals surface area contributed by atoms with Gasteiger partial charge in [-0.25, -0.2) is 0 Å². The number of alkyl halides is 3. The van der Waals surface area contributed by atoms with Gasteiger partial charge in [-0.05, 0) is 30.5 Å². The van der Waals surface area contributed by atoms with Crippen LogP contribution in [0, 0.1) is 5.92 Å². The average molecular weight is 311 g/mol. The van der Waals surface area contributed by atoms with Gasteiger partial charge in [0.1, 0.15) is 6.21 Å². The standard InChI is InChI=1S/C14H28F3NOSi/c1-6-20(7-2,8-3)19-10-13(9-12(4)5)18-11-14(15,16)17/h11-13H,6-10H2,1-5H3/t13-/m0/s1. The van der Waals surface area contributed by atoms with Gasteiger partial charge in [-0.1, -0.05) is 34.6 Å². The molecule has 0 saturated carbocycles. The van der Waals surface area contributed by atoms with Crippen LogP contribution in [-0.2, 0) is 4.43 Å². The SMILES string of the molecule is CC[Si](CC)(CC)OC[C@H](CC(C)C)N=CC(F)(F)F. The maximum Gasteiger partial charge on any atom is 0.426 e. The van der Waals surface area contributed by atoms with Crippen molar-refractivity contribution < 1.29 is 17.6 Å². The van der Waals surface area contributed by atoms with Gasteiger partial charge in [-0.15, -0.1) is 0 Å². The Balaban J connectivity index is 4.69. The van der Waals surface area contributed by atoms with Gasteiger partial charge in [0, 0.05) is 0 Å². The largest absolute Gasteiger partial charge is 0.426 e. The molecular weight excluding hydrogens is 283 g/mol. The molecule has 0 saturated heterocycles. The first kappa shape index (κ1) is 19.6. The fourth-order valence-corrected chi connectivity index (χ4v) is 4.89. The topological polar surface area (TPSA) is 21.6 Å². The molecule has 20 heavy (non-hydrogen) atoms. The molecule has 0 fully saturated rings. The van der Waals surface area contributed by atoms with Crippen molar-refractivity contribution in [1.82, 2.24) is 0 Å². The minimum atomic E-state index is -4.34. The first-order valence-electron chi connectivity index (χ1n) is 7.43. The molecule has 2 nitrogen and oxygen atoms in total. The predicted octanol–water partition coefficient (Wildman–Crippen LogP) is 5.06. The smallest absolute Gasteiger partial charge is 0.415 e. The third-order valence-corrected chi connectivity index (χ3v) is 8.34. The molecule has 0 bridgehead atoms. The van der Waals surface area contributed by atoms with Gasteiger partial charge < -0.3 is 4.43 Å². The monoisotopic (exact) mass is 311 g/mol. The van der Waals surface area contributed by atoms with E-state index < -0.39 is 20.5 Å². The number of aliphatic imine (C=N–C) groups is 1. The first-order valence-corrected chi connectivity index (χ1v) is 9.96. The molecule has 0 aliphatic rings. The van der Waals surface area contributed by atoms with Crippen LogP contribution in [0.25, 0.3) is 0 Å². The lowest BCUT2D eigenvalue weighted by atomic mass is 10.1. The van der Waals surface area contributed by atoms with Gasteiger partial charge in [-0.3, -0.25) is 4.99 Å². The highest BCUT2D eigenvalue weighted by molar-refractivity contribution is 6.73. The van der Waals surface area contributed by atoms with E-state index in [9.17, 15) is 13.2 Å². The third kappa shape index (κ3) is 8.04. The Morgan fingerprint density at radius 1 is 1.10 bits per heavy atom. The molecule has 0 heterocycles. The molecule has 0 N–H and O–H groups in total. The van der Waals surface area contributed by atoms with Crippen molar-refractivity contribution in [2.24, 2.45) is 10.9 Å². The van der Waals surface area contributed by atoms with E-state index >= 15 is 0 Å². The second kappa shape index (κ2) is 8.82. The van der Waals surface area contributed by atoms with Crippen molar-refractivity contribution in [3.8, 4) is 0 Å². The van der Waals surface area contributed by atoms with E-state index in [2.05, 4.69) is 25.8 Å². The van der Waals surface area contributed by atoms with Crippen molar-refractivity contribution >= 4 is 14.5 Å². The first-order chi connectivity index (χ1) is 9.18. The zero-order valence-corrected chi connectivity index (χ0v) is 14.3. The maximum atomic E-state index is 12.2. The van der Waals surface area contributed by atoms with Gasteiger partial charge in [0.2, 0.25) is 0 Å². The van der Waals surface area contributed by atoms with Crippen LogP contribution in [0.3, 0.4) is 0 Å². The van der Waals surface area contributed by atoms with Crippen LogP contribution < -0.4 is 0 Å². The molecule has 120 valence electrons. The molecule has 0 aromatic rings. The molecule has 0 aliphatic carbocycles. The van der Waals surface area contributed by atoms with E-state index in [1.54, 1.807) is 0 Å². The lowest BCUT2D eigenvalue weighted by molar-refractivity contribution is -0.0540. The fraction of sp³-hybridized carbons (Fsp3) is 0.929. The van der Waals surface area contributed by atoms with Gasteiger partial charge >= 0.3 is 6.18 Å². The average Bonchev–Trinajstić information content (AvgIpc) is 2.36. The lowest BCUT2D eigenvalue weighted by Gasteiger charge is -2.30. The van der Waals surface area contributed by atoms with Gasteiger partial charge in [0.05, 0.1) is 12.6 Å². The molecule has 0 amide bonds. The highest BCUT2D eigenvalue weighted by Crippen LogP contribution is 2.23. The van der Waals surface area contributed by atoms with Crippen LogP contribution in [-0.4, -0.2) is 33.4 Å². The third-order valence-electron chi connectivity index (χ3n) is 3.69. The summed E-state index contributed by atoms with van der Waals surface area (Å²) in [6.45, 7) is 10.6. The molecule has 1 atom stereocenters. The summed E-state index contributed by atoms with van der Waals surface area (Å²) in [5.74, 6) is 0.301. The number of hydrogen-bond donors (Lipinski definition) is 0. The minimum absolute atomic E-state index is 0.108. The number of rotatable bonds is 9. The Bertz CT molecular complexity index is 280. The molecule has 0 aromatic carbocycles. The summed E-state index contributed by atoms with van der Waals surface area (Å²) in [6.07, 6.45) is -3.62. The summed E-state index contributed by atoms with van der Waals surface area (Å²) in [5, 5.41) is 0. The lowest BCUT2D eigenvalue weighted by Crippen LogP contribution is -2.38. The zero-order chi connectivity index (χ0) is 15.8. The highest BCUT2D eigenvalue weighted by Gasteiger charge is 2.30. The van der Waals surface area contributed by atoms with Crippen LogP contribution in [0.4, 0.5) is 13.2 Å². The van der Waals surface area contributed by atoms with E-state index in [-0.39, 0.29) is 6.21 Å². The van der Waals surface area contributed by atoms with E-state index in [0.717, 1.165) is 18.1 Å². The number of hydrogen-bond acceptors (Lipinski definition) is 2.